The van der Waals surface area contributed by atoms with E-state index in [-0.39, 0.29) is 37.5 Å². The quantitative estimate of drug-likeness (QED) is 0.0962. The van der Waals surface area contributed by atoms with Crippen molar-refractivity contribution in [1.29, 1.82) is 0 Å². The molecule has 0 saturated heterocycles. The van der Waals surface area contributed by atoms with Crippen LogP contribution < -0.4 is 22.1 Å². The molecule has 0 aromatic rings. The standard InChI is InChI=1S/C13H24N2O2S2.C8H18N2S2.C4H4Cl2O2/c1-10-3-4-11(10)19-9-15-13(17)6-5-12(16)14-7-8-18-2;9-3-5-11-7-1-2-8(7)12-6-4-10;5-3(7)1-2-4(6)8/h10-11H,3-9H2,1-2H3,(H,14,16)(H,15,17);7-8H,1-6,9-10H2;1-2H2. The van der Waals surface area contributed by atoms with E-state index in [0.717, 1.165) is 46.8 Å². The number of rotatable bonds is 18. The van der Waals surface area contributed by atoms with Gasteiger partial charge in [0.15, 0.2) is 0 Å². The molecule has 0 aromatic heterocycles. The van der Waals surface area contributed by atoms with Gasteiger partial charge in [0.2, 0.25) is 22.3 Å². The number of halogens is 2. The topological polar surface area (TPSA) is 144 Å². The number of nitrogens with one attached hydrogen (secondary N) is 2. The Balaban J connectivity index is 0.000000616. The maximum absolute atomic E-state index is 11.5. The molecule has 0 bridgehead atoms. The zero-order valence-electron chi connectivity index (χ0n) is 23.1. The Bertz CT molecular complexity index is 685. The van der Waals surface area contributed by atoms with Gasteiger partial charge in [-0.15, -0.1) is 11.8 Å². The van der Waals surface area contributed by atoms with Crippen LogP contribution in [0.15, 0.2) is 0 Å². The Hall–Kier alpha value is 0.180. The zero-order valence-corrected chi connectivity index (χ0v) is 27.9. The molecule has 39 heavy (non-hydrogen) atoms. The van der Waals surface area contributed by atoms with Crippen molar-refractivity contribution in [3.05, 3.63) is 0 Å². The first-order valence-corrected chi connectivity index (χ1v) is 18.6. The van der Waals surface area contributed by atoms with E-state index in [1.54, 1.807) is 11.8 Å². The van der Waals surface area contributed by atoms with Crippen molar-refractivity contribution in [2.75, 3.05) is 49.0 Å². The minimum Gasteiger partial charge on any atom is -0.355 e. The molecule has 2 aliphatic rings. The molecule has 4 atom stereocenters. The summed E-state index contributed by atoms with van der Waals surface area (Å²) in [5, 5.41) is 7.04. The molecule has 4 unspecified atom stereocenters. The van der Waals surface area contributed by atoms with Crippen LogP contribution in [0.25, 0.3) is 0 Å². The van der Waals surface area contributed by atoms with Crippen LogP contribution in [0, 0.1) is 5.92 Å². The fraction of sp³-hybridized carbons (Fsp3) is 0.840. The average molecular weight is 666 g/mol. The van der Waals surface area contributed by atoms with Gasteiger partial charge in [0.05, 0.1) is 5.88 Å². The van der Waals surface area contributed by atoms with Gasteiger partial charge in [-0.2, -0.15) is 35.3 Å². The highest BCUT2D eigenvalue weighted by molar-refractivity contribution is 8.04. The average Bonchev–Trinajstić information content (AvgIpc) is 2.88. The summed E-state index contributed by atoms with van der Waals surface area (Å²) in [5.41, 5.74) is 10.9. The molecule has 0 aromatic carbocycles. The highest BCUT2D eigenvalue weighted by Gasteiger charge is 2.30. The Kier molecular flexibility index (Phi) is 26.0. The second-order valence-electron chi connectivity index (χ2n) is 9.03. The van der Waals surface area contributed by atoms with E-state index >= 15 is 0 Å². The second-order valence-corrected chi connectivity index (χ2v) is 14.8. The molecular weight excluding hydrogens is 619 g/mol. The molecule has 2 fully saturated rings. The normalized spacial score (nSPS) is 21.1. The van der Waals surface area contributed by atoms with Crippen LogP contribution in [0.3, 0.4) is 0 Å². The SMILES string of the molecule is CSCCNC(=O)CCC(=O)NCSC1CCC1C.NCCSC1CCC1SCCN.O=C(Cl)CCC(=O)Cl. The lowest BCUT2D eigenvalue weighted by Crippen LogP contribution is -2.33. The molecular formula is C25H46Cl2N4O4S4. The van der Waals surface area contributed by atoms with Crippen LogP contribution in [0.4, 0.5) is 0 Å². The van der Waals surface area contributed by atoms with E-state index in [1.807, 2.05) is 41.5 Å². The van der Waals surface area contributed by atoms with Gasteiger partial charge in [0.25, 0.3) is 0 Å². The van der Waals surface area contributed by atoms with E-state index in [4.69, 9.17) is 34.7 Å². The van der Waals surface area contributed by atoms with Crippen LogP contribution in [0.1, 0.15) is 58.3 Å². The Morgan fingerprint density at radius 3 is 1.56 bits per heavy atom. The minimum atomic E-state index is -0.529. The number of hydrogen-bond acceptors (Lipinski definition) is 10. The molecule has 0 spiro atoms. The maximum Gasteiger partial charge on any atom is 0.222 e. The summed E-state index contributed by atoms with van der Waals surface area (Å²) >= 11 is 17.3. The van der Waals surface area contributed by atoms with Gasteiger partial charge in [-0.3, -0.25) is 19.2 Å². The maximum atomic E-state index is 11.5. The zero-order chi connectivity index (χ0) is 29.5. The van der Waals surface area contributed by atoms with Gasteiger partial charge >= 0.3 is 0 Å². The first-order chi connectivity index (χ1) is 18.6. The van der Waals surface area contributed by atoms with Crippen molar-refractivity contribution in [2.24, 2.45) is 17.4 Å². The summed E-state index contributed by atoms with van der Waals surface area (Å²) in [6.07, 6.45) is 7.96. The van der Waals surface area contributed by atoms with Crippen LogP contribution in [0.2, 0.25) is 0 Å². The first-order valence-electron chi connectivity index (χ1n) is 13.3. The van der Waals surface area contributed by atoms with E-state index in [9.17, 15) is 19.2 Å². The molecule has 2 rings (SSSR count). The fourth-order valence-electron chi connectivity index (χ4n) is 3.26. The van der Waals surface area contributed by atoms with Gasteiger partial charge in [-0.25, -0.2) is 0 Å². The monoisotopic (exact) mass is 664 g/mol. The van der Waals surface area contributed by atoms with Crippen LogP contribution in [0.5, 0.6) is 0 Å². The van der Waals surface area contributed by atoms with Gasteiger partial charge in [0, 0.05) is 78.3 Å². The third-order valence-electron chi connectivity index (χ3n) is 5.88. The molecule has 6 N–H and O–H groups in total. The first kappa shape index (κ1) is 39.2. The Morgan fingerprint density at radius 2 is 1.21 bits per heavy atom. The lowest BCUT2D eigenvalue weighted by Gasteiger charge is -2.35. The lowest BCUT2D eigenvalue weighted by atomic mass is 9.87. The minimum absolute atomic E-state index is 0.0282. The summed E-state index contributed by atoms with van der Waals surface area (Å²) in [4.78, 5) is 42.7. The lowest BCUT2D eigenvalue weighted by molar-refractivity contribution is -0.126. The number of thioether (sulfide) groups is 4. The summed E-state index contributed by atoms with van der Waals surface area (Å²) in [5.74, 6) is 4.53. The Labute approximate surface area is 261 Å². The number of carbonyl (C=O) groups excluding carboxylic acids is 4. The van der Waals surface area contributed by atoms with Crippen molar-refractivity contribution in [2.45, 2.75) is 74.0 Å². The predicted octanol–water partition coefficient (Wildman–Crippen LogP) is 4.05. The van der Waals surface area contributed by atoms with E-state index in [2.05, 4.69) is 17.6 Å². The summed E-state index contributed by atoms with van der Waals surface area (Å²) in [6, 6.07) is 0. The molecule has 0 aliphatic heterocycles. The highest BCUT2D eigenvalue weighted by atomic mass is 35.5. The summed E-state index contributed by atoms with van der Waals surface area (Å²) in [7, 11) is 0. The largest absolute Gasteiger partial charge is 0.355 e. The van der Waals surface area contributed by atoms with Crippen LogP contribution >= 0.6 is 70.2 Å². The van der Waals surface area contributed by atoms with Crippen molar-refractivity contribution < 1.29 is 19.2 Å². The fourth-order valence-corrected chi connectivity index (χ4v) is 7.64. The molecule has 2 saturated carbocycles. The number of nitrogens with two attached hydrogens (primary N) is 2. The molecule has 8 nitrogen and oxygen atoms in total. The molecule has 0 heterocycles. The van der Waals surface area contributed by atoms with Gasteiger partial charge in [-0.05, 0) is 61.1 Å². The summed E-state index contributed by atoms with van der Waals surface area (Å²) in [6.45, 7) is 4.56. The van der Waals surface area contributed by atoms with Crippen LogP contribution in [-0.2, 0) is 19.2 Å². The smallest absolute Gasteiger partial charge is 0.222 e. The number of amides is 2. The molecule has 14 heteroatoms. The van der Waals surface area contributed by atoms with Crippen molar-refractivity contribution in [3.8, 4) is 0 Å². The third-order valence-corrected chi connectivity index (χ3v) is 11.4. The van der Waals surface area contributed by atoms with Crippen molar-refractivity contribution in [1.82, 2.24) is 10.6 Å². The summed E-state index contributed by atoms with van der Waals surface area (Å²) < 4.78 is 0. The second kappa shape index (κ2) is 25.9. The predicted molar refractivity (Wildman–Crippen MR) is 174 cm³/mol. The molecule has 0 radical (unpaired) electrons. The van der Waals surface area contributed by atoms with Gasteiger partial charge < -0.3 is 22.1 Å². The van der Waals surface area contributed by atoms with E-state index in [0.29, 0.717) is 17.7 Å². The molecule has 2 amide bonds. The Morgan fingerprint density at radius 1 is 0.718 bits per heavy atom. The van der Waals surface area contributed by atoms with Gasteiger partial charge in [-0.1, -0.05) is 6.92 Å². The number of hydrogen-bond donors (Lipinski definition) is 4. The highest BCUT2D eigenvalue weighted by Crippen LogP contribution is 2.39. The van der Waals surface area contributed by atoms with Gasteiger partial charge in [0.1, 0.15) is 0 Å². The van der Waals surface area contributed by atoms with E-state index < -0.39 is 10.5 Å². The van der Waals surface area contributed by atoms with E-state index in [1.165, 1.54) is 25.7 Å². The van der Waals surface area contributed by atoms with Crippen molar-refractivity contribution >= 4 is 92.5 Å². The van der Waals surface area contributed by atoms with Crippen molar-refractivity contribution in [3.63, 3.8) is 0 Å². The number of carbonyl (C=O) groups is 4. The third kappa shape index (κ3) is 22.5. The van der Waals surface area contributed by atoms with Crippen LogP contribution in [-0.4, -0.2) is 87.1 Å². The molecule has 228 valence electrons. The molecule has 2 aliphatic carbocycles.